The lowest BCUT2D eigenvalue weighted by Crippen LogP contribution is -2.09. The minimum Gasteiger partial charge on any atom is -0.309 e. The van der Waals surface area contributed by atoms with E-state index in [0.29, 0.717) is 0 Å². The van der Waals surface area contributed by atoms with Gasteiger partial charge in [0.25, 0.3) is 0 Å². The van der Waals surface area contributed by atoms with E-state index < -0.39 is 0 Å². The maximum atomic E-state index is 9.14. The lowest BCUT2D eigenvalue weighted by molar-refractivity contribution is 0.900. The fraction of sp³-hybridized carbons (Fsp3) is 0.118. The standard InChI is InChI=1S/C17H12N2S/c18-8-11-5-6-17-13(7-11)15-10-19-9-14(15)12-3-1-2-4-16(12)20-17/h1-7,19H,9-10H2. The third kappa shape index (κ3) is 1.70. The summed E-state index contributed by atoms with van der Waals surface area (Å²) in [6, 6.07) is 16.8. The van der Waals surface area contributed by atoms with Crippen LogP contribution in [0.2, 0.25) is 0 Å². The number of benzene rings is 2. The van der Waals surface area contributed by atoms with Crippen molar-refractivity contribution in [3.05, 3.63) is 59.2 Å². The summed E-state index contributed by atoms with van der Waals surface area (Å²) in [7, 11) is 0. The lowest BCUT2D eigenvalue weighted by atomic mass is 9.96. The summed E-state index contributed by atoms with van der Waals surface area (Å²) in [4.78, 5) is 2.54. The fourth-order valence-electron chi connectivity index (χ4n) is 2.89. The topological polar surface area (TPSA) is 35.8 Å². The molecule has 0 spiro atoms. The van der Waals surface area contributed by atoms with Gasteiger partial charge >= 0.3 is 0 Å². The maximum Gasteiger partial charge on any atom is 0.0991 e. The lowest BCUT2D eigenvalue weighted by Gasteiger charge is -2.09. The van der Waals surface area contributed by atoms with Crippen LogP contribution in [0.4, 0.5) is 0 Å². The predicted molar refractivity (Wildman–Crippen MR) is 81.4 cm³/mol. The van der Waals surface area contributed by atoms with Gasteiger partial charge in [0.05, 0.1) is 11.6 Å². The average molecular weight is 276 g/mol. The van der Waals surface area contributed by atoms with Crippen LogP contribution in [0.5, 0.6) is 0 Å². The Morgan fingerprint density at radius 2 is 1.70 bits per heavy atom. The van der Waals surface area contributed by atoms with Gasteiger partial charge in [0, 0.05) is 22.9 Å². The first-order valence-corrected chi connectivity index (χ1v) is 7.43. The van der Waals surface area contributed by atoms with E-state index in [9.17, 15) is 0 Å². The van der Waals surface area contributed by atoms with Gasteiger partial charge in [-0.3, -0.25) is 0 Å². The van der Waals surface area contributed by atoms with Crippen molar-refractivity contribution >= 4 is 22.9 Å². The average Bonchev–Trinajstić information content (AvgIpc) is 2.93. The van der Waals surface area contributed by atoms with Crippen LogP contribution >= 0.6 is 11.8 Å². The van der Waals surface area contributed by atoms with Gasteiger partial charge in [-0.05, 0) is 46.5 Å². The zero-order valence-electron chi connectivity index (χ0n) is 10.8. The molecule has 0 amide bonds. The van der Waals surface area contributed by atoms with Crippen molar-refractivity contribution in [3.63, 3.8) is 0 Å². The van der Waals surface area contributed by atoms with Crippen LogP contribution in [-0.2, 0) is 0 Å². The smallest absolute Gasteiger partial charge is 0.0991 e. The van der Waals surface area contributed by atoms with Crippen LogP contribution in [0, 0.1) is 11.3 Å². The number of nitriles is 1. The first kappa shape index (κ1) is 11.8. The molecule has 0 fully saturated rings. The van der Waals surface area contributed by atoms with Gasteiger partial charge in [-0.1, -0.05) is 30.0 Å². The molecule has 2 aliphatic heterocycles. The summed E-state index contributed by atoms with van der Waals surface area (Å²) in [6.45, 7) is 1.79. The third-order valence-corrected chi connectivity index (χ3v) is 4.99. The van der Waals surface area contributed by atoms with Crippen molar-refractivity contribution in [2.24, 2.45) is 0 Å². The Morgan fingerprint density at radius 1 is 0.950 bits per heavy atom. The molecule has 2 nitrogen and oxygen atoms in total. The molecule has 0 radical (unpaired) electrons. The van der Waals surface area contributed by atoms with Gasteiger partial charge in [-0.2, -0.15) is 5.26 Å². The predicted octanol–water partition coefficient (Wildman–Crippen LogP) is 3.54. The Morgan fingerprint density at radius 3 is 2.55 bits per heavy atom. The summed E-state index contributed by atoms with van der Waals surface area (Å²) >= 11 is 1.80. The van der Waals surface area contributed by atoms with Gasteiger partial charge in [0.1, 0.15) is 0 Å². The molecule has 0 aliphatic carbocycles. The van der Waals surface area contributed by atoms with Crippen molar-refractivity contribution in [2.75, 3.05) is 13.1 Å². The second-order valence-corrected chi connectivity index (χ2v) is 6.07. The van der Waals surface area contributed by atoms with Crippen molar-refractivity contribution in [2.45, 2.75) is 9.79 Å². The Hall–Kier alpha value is -2.02. The number of nitrogens with zero attached hydrogens (tertiary/aromatic N) is 1. The molecule has 0 saturated carbocycles. The van der Waals surface area contributed by atoms with Crippen molar-refractivity contribution in [1.29, 1.82) is 5.26 Å². The highest BCUT2D eigenvalue weighted by Gasteiger charge is 2.25. The zero-order chi connectivity index (χ0) is 13.5. The van der Waals surface area contributed by atoms with Crippen molar-refractivity contribution < 1.29 is 0 Å². The van der Waals surface area contributed by atoms with Gasteiger partial charge < -0.3 is 5.32 Å². The zero-order valence-corrected chi connectivity index (χ0v) is 11.6. The minimum atomic E-state index is 0.731. The van der Waals surface area contributed by atoms with Gasteiger partial charge in [0.2, 0.25) is 0 Å². The van der Waals surface area contributed by atoms with Crippen LogP contribution in [0.25, 0.3) is 11.1 Å². The minimum absolute atomic E-state index is 0.731. The summed E-state index contributed by atoms with van der Waals surface area (Å²) in [5, 5.41) is 12.6. The SMILES string of the molecule is N#Cc1ccc2c(c1)C1=C(CNC1)c1ccccc1S2. The van der Waals surface area contributed by atoms with E-state index in [2.05, 4.69) is 41.7 Å². The summed E-state index contributed by atoms with van der Waals surface area (Å²) < 4.78 is 0. The number of nitrogens with one attached hydrogen (secondary N) is 1. The van der Waals surface area contributed by atoms with E-state index in [0.717, 1.165) is 18.7 Å². The number of hydrogen-bond donors (Lipinski definition) is 1. The van der Waals surface area contributed by atoms with E-state index in [4.69, 9.17) is 5.26 Å². The number of fused-ring (bicyclic) bond motifs is 4. The monoisotopic (exact) mass is 276 g/mol. The first-order valence-electron chi connectivity index (χ1n) is 6.61. The summed E-state index contributed by atoms with van der Waals surface area (Å²) in [6.07, 6.45) is 0. The molecule has 0 saturated heterocycles. The van der Waals surface area contributed by atoms with Crippen LogP contribution in [0.15, 0.2) is 52.3 Å². The molecule has 0 bridgehead atoms. The molecular weight excluding hydrogens is 264 g/mol. The van der Waals surface area contributed by atoms with Gasteiger partial charge in [-0.15, -0.1) is 0 Å². The summed E-state index contributed by atoms with van der Waals surface area (Å²) in [5.41, 5.74) is 5.99. The molecule has 0 atom stereocenters. The molecule has 2 aromatic rings. The molecule has 2 aromatic carbocycles. The third-order valence-electron chi connectivity index (χ3n) is 3.83. The molecule has 2 aliphatic rings. The molecule has 20 heavy (non-hydrogen) atoms. The normalized spacial score (nSPS) is 15.9. The van der Waals surface area contributed by atoms with Crippen molar-refractivity contribution in [1.82, 2.24) is 5.32 Å². The van der Waals surface area contributed by atoms with E-state index in [-0.39, 0.29) is 0 Å². The number of rotatable bonds is 0. The fourth-order valence-corrected chi connectivity index (χ4v) is 4.00. The molecule has 1 N–H and O–H groups in total. The number of hydrogen-bond acceptors (Lipinski definition) is 3. The Bertz CT molecular complexity index is 784. The molecule has 96 valence electrons. The van der Waals surface area contributed by atoms with Crippen LogP contribution in [0.1, 0.15) is 16.7 Å². The second-order valence-electron chi connectivity index (χ2n) is 4.98. The van der Waals surface area contributed by atoms with Gasteiger partial charge in [0.15, 0.2) is 0 Å². The van der Waals surface area contributed by atoms with Crippen molar-refractivity contribution in [3.8, 4) is 6.07 Å². The summed E-state index contributed by atoms with van der Waals surface area (Å²) in [5.74, 6) is 0. The molecule has 3 heteroatoms. The Balaban J connectivity index is 2.03. The largest absolute Gasteiger partial charge is 0.309 e. The molecular formula is C17H12N2S. The molecule has 0 aromatic heterocycles. The molecule has 4 rings (SSSR count). The van der Waals surface area contributed by atoms with E-state index in [1.165, 1.54) is 32.1 Å². The Labute approximate surface area is 122 Å². The van der Waals surface area contributed by atoms with E-state index in [1.807, 2.05) is 12.1 Å². The maximum absolute atomic E-state index is 9.14. The quantitative estimate of drug-likeness (QED) is 0.799. The van der Waals surface area contributed by atoms with E-state index >= 15 is 0 Å². The van der Waals surface area contributed by atoms with Crippen LogP contribution < -0.4 is 5.32 Å². The highest BCUT2D eigenvalue weighted by Crippen LogP contribution is 2.45. The van der Waals surface area contributed by atoms with E-state index in [1.54, 1.807) is 11.8 Å². The molecule has 2 heterocycles. The van der Waals surface area contributed by atoms with Crippen LogP contribution in [-0.4, -0.2) is 13.1 Å². The Kier molecular flexibility index (Phi) is 2.66. The molecule has 0 unspecified atom stereocenters. The highest BCUT2D eigenvalue weighted by atomic mass is 32.2. The van der Waals surface area contributed by atoms with Gasteiger partial charge in [-0.25, -0.2) is 0 Å². The second kappa shape index (κ2) is 4.52. The van der Waals surface area contributed by atoms with Crippen LogP contribution in [0.3, 0.4) is 0 Å². The first-order chi connectivity index (χ1) is 9.86. The highest BCUT2D eigenvalue weighted by molar-refractivity contribution is 7.99.